The first-order chi connectivity index (χ1) is 10.3. The van der Waals surface area contributed by atoms with E-state index in [1.807, 2.05) is 6.07 Å². The maximum Gasteiger partial charge on any atom is 1.00 e. The topological polar surface area (TPSA) is 147 Å². The molecule has 0 unspecified atom stereocenters. The van der Waals surface area contributed by atoms with Crippen LogP contribution in [-0.2, 0) is 11.3 Å². The summed E-state index contributed by atoms with van der Waals surface area (Å²) in [4.78, 5) is 33.8. The van der Waals surface area contributed by atoms with E-state index in [0.717, 1.165) is 12.1 Å². The zero-order valence-corrected chi connectivity index (χ0v) is 20.4. The van der Waals surface area contributed by atoms with Crippen LogP contribution in [0.5, 0.6) is 0 Å². The molecule has 0 aliphatic heterocycles. The zero-order valence-electron chi connectivity index (χ0n) is 14.4. The van der Waals surface area contributed by atoms with Gasteiger partial charge in [0.05, 0.1) is 24.0 Å². The Bertz CT molecular complexity index is 648. The molecule has 0 fully saturated rings. The molecule has 0 saturated heterocycles. The minimum absolute atomic E-state index is 0. The molecule has 0 N–H and O–H groups in total. The fourth-order valence-corrected chi connectivity index (χ4v) is 1.90. The van der Waals surface area contributed by atoms with Gasteiger partial charge in [-0.05, 0) is 11.6 Å². The summed E-state index contributed by atoms with van der Waals surface area (Å²) in [6.07, 6.45) is 0.0811. The summed E-state index contributed by atoms with van der Waals surface area (Å²) in [5.74, 6) is -4.67. The number of aromatic carboxylic acids is 2. The summed E-state index contributed by atoms with van der Waals surface area (Å²) in [6, 6.07) is 5.34. The third-order valence-corrected chi connectivity index (χ3v) is 2.82. The molecule has 0 aliphatic carbocycles. The summed E-state index contributed by atoms with van der Waals surface area (Å²) in [7, 11) is 0. The van der Waals surface area contributed by atoms with Crippen LogP contribution in [-0.4, -0.2) is 35.9 Å². The predicted octanol–water partition coefficient (Wildman–Crippen LogP) is -12.1. The van der Waals surface area contributed by atoms with Crippen LogP contribution in [0.4, 0.5) is 0 Å². The van der Waals surface area contributed by atoms with Crippen LogP contribution in [0.1, 0.15) is 32.7 Å². The minimum Gasteiger partial charge on any atom is -0.549 e. The van der Waals surface area contributed by atoms with Crippen LogP contribution >= 0.6 is 0 Å². The van der Waals surface area contributed by atoms with Gasteiger partial charge in [0.2, 0.25) is 0 Å². The Hall–Kier alpha value is 0.0800. The van der Waals surface area contributed by atoms with E-state index in [4.69, 9.17) is 5.26 Å². The second-order valence-electron chi connectivity index (χ2n) is 4.45. The van der Waals surface area contributed by atoms with Crippen molar-refractivity contribution in [1.29, 1.82) is 5.26 Å². The van der Waals surface area contributed by atoms with Crippen molar-refractivity contribution in [3.8, 4) is 6.07 Å². The number of carboxylic acid groups (broad SMARTS) is 3. The van der Waals surface area contributed by atoms with Gasteiger partial charge in [-0.15, -0.1) is 0 Å². The molecule has 0 spiro atoms. The van der Waals surface area contributed by atoms with E-state index in [1.54, 1.807) is 0 Å². The molecule has 0 bridgehead atoms. The molecule has 0 aliphatic rings. The average Bonchev–Trinajstić information content (AvgIpc) is 2.43. The quantitative estimate of drug-likeness (QED) is 0.409. The van der Waals surface area contributed by atoms with E-state index in [2.05, 4.69) is 0 Å². The van der Waals surface area contributed by atoms with Crippen molar-refractivity contribution in [2.45, 2.75) is 13.0 Å². The Morgan fingerprint density at radius 2 is 1.56 bits per heavy atom. The number of hydrogen-bond acceptors (Lipinski definition) is 8. The van der Waals surface area contributed by atoms with Crippen molar-refractivity contribution in [2.24, 2.45) is 0 Å². The first-order valence-electron chi connectivity index (χ1n) is 6.20. The van der Waals surface area contributed by atoms with Gasteiger partial charge in [0, 0.05) is 37.2 Å². The van der Waals surface area contributed by atoms with Gasteiger partial charge in [-0.25, -0.2) is 0 Å². The van der Waals surface area contributed by atoms with Gasteiger partial charge in [0.1, 0.15) is 0 Å². The Labute approximate surface area is 211 Å². The summed E-state index contributed by atoms with van der Waals surface area (Å²) in [6.45, 7) is -0.277. The van der Waals surface area contributed by atoms with Crippen molar-refractivity contribution in [3.63, 3.8) is 0 Å². The maximum atomic E-state index is 11.0. The van der Waals surface area contributed by atoms with Crippen LogP contribution in [0.3, 0.4) is 0 Å². The third kappa shape index (κ3) is 10.7. The summed E-state index contributed by atoms with van der Waals surface area (Å²) in [5, 5.41) is 41.0. The number of aliphatic carboxylic acids is 1. The molecule has 8 nitrogen and oxygen atoms in total. The van der Waals surface area contributed by atoms with Gasteiger partial charge in [-0.3, -0.25) is 4.90 Å². The molecule has 1 rings (SSSR count). The number of carbonyl (C=O) groups excluding carboxylic acids is 3. The monoisotopic (exact) mass is 372 g/mol. The molecule has 0 amide bonds. The number of hydrogen-bond donors (Lipinski definition) is 0. The van der Waals surface area contributed by atoms with E-state index < -0.39 is 35.6 Å². The molecule has 0 aromatic heterocycles. The molecule has 0 radical (unpaired) electrons. The Morgan fingerprint density at radius 3 is 2.00 bits per heavy atom. The molecular formula is C14H11N2Na3O6. The van der Waals surface area contributed by atoms with Crippen LogP contribution < -0.4 is 104 Å². The Morgan fingerprint density at radius 1 is 1.00 bits per heavy atom. The molecule has 25 heavy (non-hydrogen) atoms. The Balaban J connectivity index is -0.00000161. The normalized spacial score (nSPS) is 8.96. The van der Waals surface area contributed by atoms with Crippen LogP contribution in [0, 0.1) is 11.3 Å². The first-order valence-corrected chi connectivity index (χ1v) is 6.20. The summed E-state index contributed by atoms with van der Waals surface area (Å²) >= 11 is 0. The van der Waals surface area contributed by atoms with E-state index >= 15 is 0 Å². The summed E-state index contributed by atoms with van der Waals surface area (Å²) in [5.41, 5.74) is -0.707. The number of benzene rings is 1. The molecule has 0 atom stereocenters. The van der Waals surface area contributed by atoms with Gasteiger partial charge in [-0.2, -0.15) is 5.26 Å². The fraction of sp³-hybridized carbons (Fsp3) is 0.286. The average molecular weight is 372 g/mol. The molecule has 0 saturated carbocycles. The van der Waals surface area contributed by atoms with E-state index in [9.17, 15) is 29.7 Å². The second-order valence-corrected chi connectivity index (χ2v) is 4.45. The number of nitriles is 1. The second kappa shape index (κ2) is 15.2. The SMILES string of the molecule is N#CCCN(CC(=O)[O-])Cc1ccc(C(=O)[O-])c(C(=O)[O-])c1.[Na+].[Na+].[Na+]. The number of rotatable bonds is 8. The van der Waals surface area contributed by atoms with Gasteiger partial charge in [-0.1, -0.05) is 12.1 Å². The van der Waals surface area contributed by atoms with E-state index in [-0.39, 0.29) is 108 Å². The first kappa shape index (κ1) is 29.8. The van der Waals surface area contributed by atoms with Gasteiger partial charge in [0.25, 0.3) is 0 Å². The minimum atomic E-state index is -1.68. The van der Waals surface area contributed by atoms with Gasteiger partial charge >= 0.3 is 88.7 Å². The van der Waals surface area contributed by atoms with Gasteiger partial charge < -0.3 is 29.7 Å². The van der Waals surface area contributed by atoms with E-state index in [1.165, 1.54) is 11.0 Å². The molecule has 0 heterocycles. The number of carbonyl (C=O) groups is 3. The largest absolute Gasteiger partial charge is 1.00 e. The van der Waals surface area contributed by atoms with Crippen LogP contribution in [0.15, 0.2) is 18.2 Å². The molecule has 1 aromatic rings. The van der Waals surface area contributed by atoms with Crippen molar-refractivity contribution in [3.05, 3.63) is 34.9 Å². The molecule has 1 aromatic carbocycles. The number of carboxylic acids is 3. The van der Waals surface area contributed by atoms with Gasteiger partial charge in [0.15, 0.2) is 0 Å². The Kier molecular flexibility index (Phi) is 18.1. The fourth-order valence-electron chi connectivity index (χ4n) is 1.90. The molecule has 11 heteroatoms. The molecule has 116 valence electrons. The standard InChI is InChI=1S/C14H14N2O6.3Na/c15-4-1-5-16(8-12(17)18)7-9-2-3-10(13(19)20)11(6-9)14(21)22;;;/h2-3,6H,1,5,7-8H2,(H,17,18)(H,19,20)(H,21,22);;;/q;3*+1/p-3. The number of nitrogens with zero attached hydrogens (tertiary/aromatic N) is 2. The van der Waals surface area contributed by atoms with E-state index in [0.29, 0.717) is 5.56 Å². The van der Waals surface area contributed by atoms with Crippen molar-refractivity contribution in [1.82, 2.24) is 4.90 Å². The van der Waals surface area contributed by atoms with Crippen molar-refractivity contribution in [2.75, 3.05) is 13.1 Å². The zero-order chi connectivity index (χ0) is 16.7. The molecular weight excluding hydrogens is 361 g/mol. The maximum absolute atomic E-state index is 11.0. The van der Waals surface area contributed by atoms with Crippen LogP contribution in [0.2, 0.25) is 0 Å². The van der Waals surface area contributed by atoms with Crippen molar-refractivity contribution >= 4 is 17.9 Å². The third-order valence-electron chi connectivity index (χ3n) is 2.82. The van der Waals surface area contributed by atoms with Crippen LogP contribution in [0.25, 0.3) is 0 Å². The smallest absolute Gasteiger partial charge is 0.549 e. The predicted molar refractivity (Wildman–Crippen MR) is 65.6 cm³/mol. The summed E-state index contributed by atoms with van der Waals surface area (Å²) < 4.78 is 0. The van der Waals surface area contributed by atoms with Crippen molar-refractivity contribution < 1.29 is 118 Å².